The molecular weight excluding hydrogens is 333 g/mol. The van der Waals surface area contributed by atoms with Gasteiger partial charge in [-0.25, -0.2) is 9.37 Å². The van der Waals surface area contributed by atoms with Crippen LogP contribution in [0.4, 0.5) is 4.39 Å². The molecule has 4 nitrogen and oxygen atoms in total. The SMILES string of the molecule is CC(C)(C)c1noc(CSc2nc(-c3ccc(F)cc3)cs2)n1. The first kappa shape index (κ1) is 16.1. The number of hydrogen-bond donors (Lipinski definition) is 0. The van der Waals surface area contributed by atoms with Gasteiger partial charge in [0.2, 0.25) is 5.89 Å². The molecule has 0 bridgehead atoms. The lowest BCUT2D eigenvalue weighted by Gasteiger charge is -2.10. The van der Waals surface area contributed by atoms with E-state index in [1.54, 1.807) is 35.2 Å². The molecule has 1 aromatic carbocycles. The Morgan fingerprint density at radius 1 is 1.17 bits per heavy atom. The van der Waals surface area contributed by atoms with Gasteiger partial charge in [0.1, 0.15) is 5.82 Å². The lowest BCUT2D eigenvalue weighted by atomic mass is 9.96. The first-order valence-corrected chi connectivity index (χ1v) is 8.96. The lowest BCUT2D eigenvalue weighted by Crippen LogP contribution is -2.13. The van der Waals surface area contributed by atoms with Crippen LogP contribution >= 0.6 is 23.1 Å². The Labute approximate surface area is 142 Å². The minimum Gasteiger partial charge on any atom is -0.338 e. The zero-order valence-corrected chi connectivity index (χ0v) is 14.7. The summed E-state index contributed by atoms with van der Waals surface area (Å²) in [7, 11) is 0. The number of rotatable bonds is 4. The van der Waals surface area contributed by atoms with Crippen molar-refractivity contribution in [3.63, 3.8) is 0 Å². The summed E-state index contributed by atoms with van der Waals surface area (Å²) in [6, 6.07) is 6.33. The van der Waals surface area contributed by atoms with E-state index in [0.29, 0.717) is 17.5 Å². The van der Waals surface area contributed by atoms with E-state index in [-0.39, 0.29) is 11.2 Å². The van der Waals surface area contributed by atoms with E-state index in [1.807, 2.05) is 26.2 Å². The molecule has 0 N–H and O–H groups in total. The molecule has 0 atom stereocenters. The standard InChI is InChI=1S/C16H16FN3OS2/c1-16(2,3)14-19-13(21-20-14)9-23-15-18-12(8-22-15)10-4-6-11(17)7-5-10/h4-8H,9H2,1-3H3. The van der Waals surface area contributed by atoms with Crippen molar-refractivity contribution >= 4 is 23.1 Å². The average Bonchev–Trinajstić information content (AvgIpc) is 3.15. The third-order valence-electron chi connectivity index (χ3n) is 3.08. The van der Waals surface area contributed by atoms with Crippen LogP contribution in [0.25, 0.3) is 11.3 Å². The van der Waals surface area contributed by atoms with Gasteiger partial charge < -0.3 is 4.52 Å². The lowest BCUT2D eigenvalue weighted by molar-refractivity contribution is 0.373. The fourth-order valence-electron chi connectivity index (χ4n) is 1.82. The van der Waals surface area contributed by atoms with Crippen LogP contribution in [-0.2, 0) is 11.2 Å². The maximum Gasteiger partial charge on any atom is 0.237 e. The van der Waals surface area contributed by atoms with Crippen molar-refractivity contribution in [3.05, 3.63) is 47.2 Å². The van der Waals surface area contributed by atoms with Crippen molar-refractivity contribution in [2.75, 3.05) is 0 Å². The van der Waals surface area contributed by atoms with Crippen LogP contribution in [-0.4, -0.2) is 15.1 Å². The van der Waals surface area contributed by atoms with Crippen LogP contribution in [0.2, 0.25) is 0 Å². The molecule has 2 heterocycles. The summed E-state index contributed by atoms with van der Waals surface area (Å²) in [4.78, 5) is 8.96. The summed E-state index contributed by atoms with van der Waals surface area (Å²) < 4.78 is 19.1. The van der Waals surface area contributed by atoms with E-state index in [1.165, 1.54) is 12.1 Å². The highest BCUT2D eigenvalue weighted by molar-refractivity contribution is 8.00. The number of hydrogen-bond acceptors (Lipinski definition) is 6. The smallest absolute Gasteiger partial charge is 0.237 e. The normalized spacial score (nSPS) is 11.8. The summed E-state index contributed by atoms with van der Waals surface area (Å²) in [5.74, 6) is 1.64. The van der Waals surface area contributed by atoms with Crippen molar-refractivity contribution in [3.8, 4) is 11.3 Å². The molecule has 3 aromatic rings. The molecular formula is C16H16FN3OS2. The Bertz CT molecular complexity index is 790. The minimum absolute atomic E-state index is 0.122. The van der Waals surface area contributed by atoms with E-state index in [9.17, 15) is 4.39 Å². The maximum absolute atomic E-state index is 13.0. The molecule has 23 heavy (non-hydrogen) atoms. The second-order valence-electron chi connectivity index (χ2n) is 6.06. The first-order valence-electron chi connectivity index (χ1n) is 7.09. The predicted molar refractivity (Wildman–Crippen MR) is 90.1 cm³/mol. The minimum atomic E-state index is -0.246. The molecule has 3 rings (SSSR count). The molecule has 0 amide bonds. The molecule has 0 aliphatic rings. The third kappa shape index (κ3) is 3.97. The molecule has 0 saturated heterocycles. The number of nitrogens with zero attached hydrogens (tertiary/aromatic N) is 3. The summed E-state index contributed by atoms with van der Waals surface area (Å²) in [5, 5.41) is 5.97. The van der Waals surface area contributed by atoms with Gasteiger partial charge in [0.25, 0.3) is 0 Å². The van der Waals surface area contributed by atoms with Crippen LogP contribution in [0, 0.1) is 5.82 Å². The quantitative estimate of drug-likeness (QED) is 0.626. The highest BCUT2D eigenvalue weighted by Crippen LogP contribution is 2.30. The molecule has 0 spiro atoms. The number of halogens is 1. The second-order valence-corrected chi connectivity index (χ2v) is 8.14. The third-order valence-corrected chi connectivity index (χ3v) is 5.09. The second kappa shape index (κ2) is 6.41. The van der Waals surface area contributed by atoms with E-state index >= 15 is 0 Å². The fraction of sp³-hybridized carbons (Fsp3) is 0.312. The highest BCUT2D eigenvalue weighted by Gasteiger charge is 2.21. The molecule has 0 radical (unpaired) electrons. The first-order chi connectivity index (χ1) is 10.9. The van der Waals surface area contributed by atoms with E-state index < -0.39 is 0 Å². The van der Waals surface area contributed by atoms with Gasteiger partial charge in [-0.3, -0.25) is 0 Å². The molecule has 2 aromatic heterocycles. The molecule has 0 aliphatic carbocycles. The van der Waals surface area contributed by atoms with Crippen LogP contribution in [0.3, 0.4) is 0 Å². The fourth-order valence-corrected chi connectivity index (χ4v) is 3.49. The van der Waals surface area contributed by atoms with Gasteiger partial charge in [-0.1, -0.05) is 37.7 Å². The number of thioether (sulfide) groups is 1. The molecule has 0 unspecified atom stereocenters. The van der Waals surface area contributed by atoms with Gasteiger partial charge in [-0.05, 0) is 24.3 Å². The highest BCUT2D eigenvalue weighted by atomic mass is 32.2. The molecule has 120 valence electrons. The van der Waals surface area contributed by atoms with Crippen molar-refractivity contribution in [2.45, 2.75) is 36.3 Å². The van der Waals surface area contributed by atoms with Gasteiger partial charge in [0.05, 0.1) is 11.4 Å². The van der Waals surface area contributed by atoms with Crippen LogP contribution in [0.15, 0.2) is 38.5 Å². The monoisotopic (exact) mass is 349 g/mol. The van der Waals surface area contributed by atoms with E-state index in [4.69, 9.17) is 4.52 Å². The molecule has 0 fully saturated rings. The van der Waals surface area contributed by atoms with Gasteiger partial charge in [0.15, 0.2) is 10.2 Å². The van der Waals surface area contributed by atoms with Gasteiger partial charge in [0, 0.05) is 16.4 Å². The molecule has 0 aliphatic heterocycles. The Morgan fingerprint density at radius 2 is 1.91 bits per heavy atom. The van der Waals surface area contributed by atoms with Gasteiger partial charge in [-0.2, -0.15) is 4.98 Å². The summed E-state index contributed by atoms with van der Waals surface area (Å²) in [6.45, 7) is 6.14. The van der Waals surface area contributed by atoms with Crippen LogP contribution < -0.4 is 0 Å². The topological polar surface area (TPSA) is 51.8 Å². The van der Waals surface area contributed by atoms with Crippen molar-refractivity contribution < 1.29 is 8.91 Å². The Morgan fingerprint density at radius 3 is 2.57 bits per heavy atom. The Balaban J connectivity index is 1.65. The average molecular weight is 349 g/mol. The van der Waals surface area contributed by atoms with Crippen molar-refractivity contribution in [1.82, 2.24) is 15.1 Å². The summed E-state index contributed by atoms with van der Waals surface area (Å²) in [5.41, 5.74) is 1.63. The van der Waals surface area contributed by atoms with Crippen molar-refractivity contribution in [2.24, 2.45) is 0 Å². The number of benzene rings is 1. The largest absolute Gasteiger partial charge is 0.338 e. The van der Waals surface area contributed by atoms with Gasteiger partial charge in [-0.15, -0.1) is 11.3 Å². The van der Waals surface area contributed by atoms with Crippen LogP contribution in [0.1, 0.15) is 32.5 Å². The number of thiazole rings is 1. The van der Waals surface area contributed by atoms with Crippen molar-refractivity contribution in [1.29, 1.82) is 0 Å². The summed E-state index contributed by atoms with van der Waals surface area (Å²) in [6.07, 6.45) is 0. The van der Waals surface area contributed by atoms with E-state index in [0.717, 1.165) is 15.6 Å². The molecule has 7 heteroatoms. The van der Waals surface area contributed by atoms with Gasteiger partial charge >= 0.3 is 0 Å². The molecule has 0 saturated carbocycles. The zero-order chi connectivity index (χ0) is 16.4. The number of aromatic nitrogens is 3. The zero-order valence-electron chi connectivity index (χ0n) is 13.0. The van der Waals surface area contributed by atoms with Crippen LogP contribution in [0.5, 0.6) is 0 Å². The van der Waals surface area contributed by atoms with E-state index in [2.05, 4.69) is 15.1 Å². The summed E-state index contributed by atoms with van der Waals surface area (Å²) >= 11 is 3.10. The maximum atomic E-state index is 13.0. The Kier molecular flexibility index (Phi) is 4.50. The predicted octanol–water partition coefficient (Wildman–Crippen LogP) is 4.92. The Hall–Kier alpha value is -1.73.